The number of nitrogens with two attached hydrogens (primary N) is 1. The maximum atomic E-state index is 12.6. The highest BCUT2D eigenvalue weighted by atomic mass is 32.2. The summed E-state index contributed by atoms with van der Waals surface area (Å²) in [5.41, 5.74) is 8.25. The molecule has 0 heterocycles. The minimum atomic E-state index is -1.48. The quantitative estimate of drug-likeness (QED) is 0.656. The van der Waals surface area contributed by atoms with Crippen LogP contribution in [0.1, 0.15) is 56.1 Å². The standard InChI is InChI=1S/C23H34N2O4S/c1-25(21-6-3-7-21)23(27)22(24)20-10-8-17(9-11-20)13-29-14-18-4-2-5-19(12-18)15-30(28)16-26/h2,4-5,12,17,20-22,26H,3,6-11,13-15,24H2,1H3/t17?,20?,22-/m0/s1. The van der Waals surface area contributed by atoms with Gasteiger partial charge in [0.05, 0.1) is 34.0 Å². The fourth-order valence-corrected chi connectivity index (χ4v) is 4.99. The Morgan fingerprint density at radius 1 is 1.27 bits per heavy atom. The zero-order valence-electron chi connectivity index (χ0n) is 17.8. The molecule has 166 valence electrons. The molecule has 0 aliphatic heterocycles. The van der Waals surface area contributed by atoms with Crippen LogP contribution in [0.2, 0.25) is 0 Å². The molecule has 2 saturated carbocycles. The van der Waals surface area contributed by atoms with E-state index in [0.717, 1.165) is 49.7 Å². The molecule has 0 spiro atoms. The van der Waals surface area contributed by atoms with Crippen LogP contribution in [0, 0.1) is 17.2 Å². The molecule has 3 N–H and O–H groups in total. The van der Waals surface area contributed by atoms with E-state index in [0.29, 0.717) is 25.2 Å². The van der Waals surface area contributed by atoms with E-state index in [-0.39, 0.29) is 23.6 Å². The van der Waals surface area contributed by atoms with Gasteiger partial charge in [0.2, 0.25) is 5.91 Å². The number of benzene rings is 1. The van der Waals surface area contributed by atoms with Gasteiger partial charge in [0.25, 0.3) is 0 Å². The summed E-state index contributed by atoms with van der Waals surface area (Å²) in [4.78, 5) is 14.5. The molecule has 0 aromatic heterocycles. The van der Waals surface area contributed by atoms with Gasteiger partial charge in [-0.05, 0) is 67.9 Å². The summed E-state index contributed by atoms with van der Waals surface area (Å²) in [6.45, 7) is 1.21. The Hall–Kier alpha value is -1.63. The molecule has 1 aromatic carbocycles. The molecule has 2 aliphatic carbocycles. The van der Waals surface area contributed by atoms with E-state index in [1.807, 2.05) is 36.2 Å². The Balaban J connectivity index is 1.38. The van der Waals surface area contributed by atoms with Crippen LogP contribution in [0.4, 0.5) is 0 Å². The lowest BCUT2D eigenvalue weighted by Gasteiger charge is -2.38. The van der Waals surface area contributed by atoms with Gasteiger partial charge in [-0.2, -0.15) is 0 Å². The maximum Gasteiger partial charge on any atom is 0.239 e. The third-order valence-corrected chi connectivity index (χ3v) is 7.47. The van der Waals surface area contributed by atoms with Gasteiger partial charge in [-0.3, -0.25) is 4.79 Å². The highest BCUT2D eigenvalue weighted by Crippen LogP contribution is 2.32. The van der Waals surface area contributed by atoms with E-state index < -0.39 is 10.2 Å². The third-order valence-electron chi connectivity index (χ3n) is 6.67. The molecule has 30 heavy (non-hydrogen) atoms. The number of likely N-dealkylation sites (N-methyl/N-ethyl adjacent to an activating group) is 1. The van der Waals surface area contributed by atoms with E-state index in [1.165, 1.54) is 6.42 Å². The average Bonchev–Trinajstić information content (AvgIpc) is 2.72. The van der Waals surface area contributed by atoms with Crippen molar-refractivity contribution in [3.05, 3.63) is 35.4 Å². The predicted molar refractivity (Wildman–Crippen MR) is 118 cm³/mol. The van der Waals surface area contributed by atoms with E-state index in [1.54, 1.807) is 5.37 Å². The molecular formula is C23H34N2O4S. The van der Waals surface area contributed by atoms with E-state index in [2.05, 4.69) is 0 Å². The zero-order chi connectivity index (χ0) is 21.5. The van der Waals surface area contributed by atoms with Crippen LogP contribution in [-0.2, 0) is 32.1 Å². The summed E-state index contributed by atoms with van der Waals surface area (Å²) in [6.07, 6.45) is 7.48. The first-order valence-electron chi connectivity index (χ1n) is 10.9. The SMILES string of the molecule is CN(C(=O)[C@@H](N)C1CCC(COCc2cccc(CS(=O)#CO)c2)CC1)C1CCC1. The van der Waals surface area contributed by atoms with Crippen LogP contribution in [0.15, 0.2) is 24.3 Å². The molecule has 1 aromatic rings. The zero-order valence-corrected chi connectivity index (χ0v) is 18.6. The van der Waals surface area contributed by atoms with Gasteiger partial charge < -0.3 is 20.5 Å². The van der Waals surface area contributed by atoms with E-state index in [4.69, 9.17) is 15.6 Å². The van der Waals surface area contributed by atoms with Crippen molar-refractivity contribution in [1.29, 1.82) is 0 Å². The largest absolute Gasteiger partial charge is 0.376 e. The van der Waals surface area contributed by atoms with Crippen LogP contribution in [0.25, 0.3) is 0 Å². The lowest BCUT2D eigenvalue weighted by molar-refractivity contribution is -0.136. The van der Waals surface area contributed by atoms with Gasteiger partial charge in [0.15, 0.2) is 0 Å². The lowest BCUT2D eigenvalue weighted by Crippen LogP contribution is -2.52. The normalized spacial score (nSPS) is 22.6. The van der Waals surface area contributed by atoms with Gasteiger partial charge in [0.1, 0.15) is 0 Å². The number of nitrogens with zero attached hydrogens (tertiary/aromatic N) is 1. The van der Waals surface area contributed by atoms with Gasteiger partial charge in [-0.25, -0.2) is 4.21 Å². The van der Waals surface area contributed by atoms with Crippen LogP contribution in [0.5, 0.6) is 0 Å². The highest BCUT2D eigenvalue weighted by molar-refractivity contribution is 7.73. The third kappa shape index (κ3) is 6.19. The number of aliphatic hydroxyl groups excluding tert-OH is 1. The van der Waals surface area contributed by atoms with Crippen molar-refractivity contribution in [3.63, 3.8) is 0 Å². The van der Waals surface area contributed by atoms with Crippen LogP contribution in [-0.4, -0.2) is 45.9 Å². The Kier molecular flexibility index (Phi) is 8.54. The van der Waals surface area contributed by atoms with Crippen LogP contribution < -0.4 is 5.73 Å². The molecule has 6 nitrogen and oxygen atoms in total. The molecule has 0 unspecified atom stereocenters. The van der Waals surface area contributed by atoms with Crippen molar-refractivity contribution in [2.75, 3.05) is 13.7 Å². The summed E-state index contributed by atoms with van der Waals surface area (Å²) < 4.78 is 17.3. The van der Waals surface area contributed by atoms with Crippen molar-refractivity contribution in [2.24, 2.45) is 17.6 Å². The molecule has 7 heteroatoms. The molecule has 1 atom stereocenters. The first-order chi connectivity index (χ1) is 14.5. The predicted octanol–water partition coefficient (Wildman–Crippen LogP) is 2.89. The number of carbonyl (C=O) groups excluding carboxylic acids is 1. The van der Waals surface area contributed by atoms with Crippen molar-refractivity contribution >= 4 is 16.1 Å². The summed E-state index contributed by atoms with van der Waals surface area (Å²) >= 11 is 0. The summed E-state index contributed by atoms with van der Waals surface area (Å²) in [5, 5.41) is 10.5. The molecule has 2 aliphatic rings. The number of hydrogen-bond donors (Lipinski definition) is 2. The lowest BCUT2D eigenvalue weighted by atomic mass is 9.78. The summed E-state index contributed by atoms with van der Waals surface area (Å²) in [7, 11) is 0.419. The molecular weight excluding hydrogens is 400 g/mol. The van der Waals surface area contributed by atoms with E-state index in [9.17, 15) is 9.00 Å². The fraction of sp³-hybridized carbons (Fsp3) is 0.652. The molecule has 0 saturated heterocycles. The van der Waals surface area contributed by atoms with Gasteiger partial charge >= 0.3 is 0 Å². The van der Waals surface area contributed by atoms with Gasteiger partial charge in [0, 0.05) is 19.7 Å². The summed E-state index contributed by atoms with van der Waals surface area (Å²) in [5.74, 6) is 1.14. The second kappa shape index (κ2) is 11.1. The molecule has 3 rings (SSSR count). The van der Waals surface area contributed by atoms with Gasteiger partial charge in [-0.1, -0.05) is 24.3 Å². The minimum absolute atomic E-state index is 0.108. The maximum absolute atomic E-state index is 12.6. The number of hydrogen-bond acceptors (Lipinski definition) is 5. The summed E-state index contributed by atoms with van der Waals surface area (Å²) in [6, 6.07) is 7.75. The number of carbonyl (C=O) groups is 1. The Morgan fingerprint density at radius 2 is 1.97 bits per heavy atom. The molecule has 0 bridgehead atoms. The van der Waals surface area contributed by atoms with E-state index >= 15 is 0 Å². The molecule has 1 amide bonds. The number of amides is 1. The van der Waals surface area contributed by atoms with Crippen LogP contribution in [0.3, 0.4) is 0 Å². The second-order valence-electron chi connectivity index (χ2n) is 8.76. The van der Waals surface area contributed by atoms with Crippen molar-refractivity contribution in [2.45, 2.75) is 69.4 Å². The first-order valence-corrected chi connectivity index (χ1v) is 12.3. The topological polar surface area (TPSA) is 92.9 Å². The second-order valence-corrected chi connectivity index (χ2v) is 9.92. The Bertz CT molecular complexity index is 854. The average molecular weight is 435 g/mol. The van der Waals surface area contributed by atoms with Crippen molar-refractivity contribution in [1.82, 2.24) is 4.90 Å². The number of ether oxygens (including phenoxy) is 1. The highest BCUT2D eigenvalue weighted by Gasteiger charge is 2.34. The minimum Gasteiger partial charge on any atom is -0.376 e. The van der Waals surface area contributed by atoms with Crippen LogP contribution >= 0.6 is 0 Å². The number of rotatable bonds is 8. The Labute approximate surface area is 181 Å². The fourth-order valence-electron chi connectivity index (χ4n) is 4.44. The molecule has 2 fully saturated rings. The smallest absolute Gasteiger partial charge is 0.239 e. The number of aliphatic hydroxyl groups is 1. The molecule has 0 radical (unpaired) electrons. The first kappa shape index (κ1) is 23.0. The van der Waals surface area contributed by atoms with Crippen molar-refractivity contribution < 1.29 is 18.8 Å². The monoisotopic (exact) mass is 434 g/mol. The Morgan fingerprint density at radius 3 is 2.60 bits per heavy atom. The van der Waals surface area contributed by atoms with Crippen molar-refractivity contribution in [3.8, 4) is 5.37 Å². The van der Waals surface area contributed by atoms with Gasteiger partial charge in [-0.15, -0.1) is 0 Å².